The summed E-state index contributed by atoms with van der Waals surface area (Å²) in [5.74, 6) is -0.345. The van der Waals surface area contributed by atoms with Gasteiger partial charge in [-0.25, -0.2) is 4.98 Å². The molecule has 0 fully saturated rings. The van der Waals surface area contributed by atoms with Gasteiger partial charge in [-0.3, -0.25) is 9.59 Å². The van der Waals surface area contributed by atoms with Gasteiger partial charge in [-0.15, -0.1) is 0 Å². The minimum Gasteiger partial charge on any atom is -0.493 e. The van der Waals surface area contributed by atoms with Gasteiger partial charge in [0.25, 0.3) is 5.91 Å². The van der Waals surface area contributed by atoms with Gasteiger partial charge in [0.15, 0.2) is 0 Å². The fraction of sp³-hybridized carbons (Fsp3) is 0.133. The molecular formula is C15H13Cl2N3O3. The van der Waals surface area contributed by atoms with Crippen LogP contribution in [0.2, 0.25) is 10.2 Å². The molecule has 0 aliphatic rings. The molecule has 6 nitrogen and oxygen atoms in total. The normalized spacial score (nSPS) is 10.2. The number of rotatable bonds is 6. The van der Waals surface area contributed by atoms with Gasteiger partial charge in [-0.1, -0.05) is 23.2 Å². The molecule has 0 radical (unpaired) electrons. The summed E-state index contributed by atoms with van der Waals surface area (Å²) in [5.41, 5.74) is 5.60. The highest BCUT2D eigenvalue weighted by molar-refractivity contribution is 6.35. The van der Waals surface area contributed by atoms with Crippen LogP contribution in [-0.4, -0.2) is 23.4 Å². The maximum Gasteiger partial charge on any atom is 0.275 e. The van der Waals surface area contributed by atoms with Crippen LogP contribution in [0.4, 0.5) is 5.69 Å². The Morgan fingerprint density at radius 2 is 1.83 bits per heavy atom. The molecule has 0 bridgehead atoms. The van der Waals surface area contributed by atoms with Gasteiger partial charge in [-0.2, -0.15) is 0 Å². The number of nitrogens with zero attached hydrogens (tertiary/aromatic N) is 1. The highest BCUT2D eigenvalue weighted by Crippen LogP contribution is 2.20. The van der Waals surface area contributed by atoms with Crippen molar-refractivity contribution in [1.82, 2.24) is 4.98 Å². The van der Waals surface area contributed by atoms with Gasteiger partial charge in [0.1, 0.15) is 16.6 Å². The van der Waals surface area contributed by atoms with Crippen molar-refractivity contribution in [3.05, 3.63) is 52.3 Å². The Labute approximate surface area is 142 Å². The lowest BCUT2D eigenvalue weighted by atomic mass is 10.2. The summed E-state index contributed by atoms with van der Waals surface area (Å²) in [5, 5.41) is 3.04. The first-order valence-corrected chi connectivity index (χ1v) is 7.36. The minimum atomic E-state index is -0.472. The number of carbonyl (C=O) groups excluding carboxylic acids is 2. The lowest BCUT2D eigenvalue weighted by Gasteiger charge is -2.08. The molecule has 0 spiro atoms. The molecule has 2 amide bonds. The summed E-state index contributed by atoms with van der Waals surface area (Å²) in [4.78, 5) is 26.6. The van der Waals surface area contributed by atoms with E-state index in [0.29, 0.717) is 11.4 Å². The van der Waals surface area contributed by atoms with Gasteiger partial charge in [0.2, 0.25) is 5.91 Å². The number of ether oxygens (including phenoxy) is 1. The Hall–Kier alpha value is -2.31. The Morgan fingerprint density at radius 3 is 2.48 bits per heavy atom. The monoisotopic (exact) mass is 353 g/mol. The van der Waals surface area contributed by atoms with E-state index in [-0.39, 0.29) is 28.9 Å². The average molecular weight is 354 g/mol. The first kappa shape index (κ1) is 17.1. The summed E-state index contributed by atoms with van der Waals surface area (Å²) < 4.78 is 5.33. The third kappa shape index (κ3) is 5.12. The van der Waals surface area contributed by atoms with Crippen LogP contribution in [0.1, 0.15) is 16.9 Å². The average Bonchev–Trinajstić information content (AvgIpc) is 2.51. The fourth-order valence-corrected chi connectivity index (χ4v) is 2.01. The molecule has 2 rings (SSSR count). The highest BCUT2D eigenvalue weighted by Gasteiger charge is 2.13. The van der Waals surface area contributed by atoms with E-state index < -0.39 is 11.8 Å². The van der Waals surface area contributed by atoms with E-state index in [1.165, 1.54) is 12.1 Å². The van der Waals surface area contributed by atoms with Crippen molar-refractivity contribution < 1.29 is 14.3 Å². The summed E-state index contributed by atoms with van der Waals surface area (Å²) in [6, 6.07) is 9.61. The lowest BCUT2D eigenvalue weighted by molar-refractivity contribution is -0.118. The molecule has 0 aliphatic carbocycles. The Morgan fingerprint density at radius 1 is 1.13 bits per heavy atom. The topological polar surface area (TPSA) is 94.3 Å². The molecule has 8 heteroatoms. The molecule has 0 saturated heterocycles. The van der Waals surface area contributed by atoms with E-state index >= 15 is 0 Å². The van der Waals surface area contributed by atoms with E-state index in [4.69, 9.17) is 33.7 Å². The number of primary amides is 1. The van der Waals surface area contributed by atoms with Crippen LogP contribution in [-0.2, 0) is 4.79 Å². The van der Waals surface area contributed by atoms with Crippen molar-refractivity contribution in [1.29, 1.82) is 0 Å². The van der Waals surface area contributed by atoms with Crippen LogP contribution in [0.5, 0.6) is 5.75 Å². The number of nitrogens with two attached hydrogens (primary N) is 1. The lowest BCUT2D eigenvalue weighted by Crippen LogP contribution is -2.15. The zero-order valence-electron chi connectivity index (χ0n) is 11.9. The van der Waals surface area contributed by atoms with Crippen LogP contribution >= 0.6 is 23.2 Å². The van der Waals surface area contributed by atoms with E-state index in [9.17, 15) is 9.59 Å². The van der Waals surface area contributed by atoms with Crippen LogP contribution < -0.4 is 15.8 Å². The molecule has 120 valence electrons. The van der Waals surface area contributed by atoms with Crippen molar-refractivity contribution in [2.45, 2.75) is 6.42 Å². The molecule has 0 atom stereocenters. The number of benzene rings is 1. The number of pyridine rings is 1. The number of hydrogen-bond acceptors (Lipinski definition) is 4. The molecule has 3 N–H and O–H groups in total. The van der Waals surface area contributed by atoms with Gasteiger partial charge in [0.05, 0.1) is 18.1 Å². The van der Waals surface area contributed by atoms with E-state index in [2.05, 4.69) is 10.3 Å². The SMILES string of the molecule is NC(=O)CCOc1ccc(NC(=O)c2nc(Cl)ccc2Cl)cc1. The molecule has 23 heavy (non-hydrogen) atoms. The number of aromatic nitrogens is 1. The zero-order chi connectivity index (χ0) is 16.8. The second-order valence-electron chi connectivity index (χ2n) is 4.51. The standard InChI is InChI=1S/C15H13Cl2N3O3/c16-11-5-6-12(17)20-14(11)15(22)19-9-1-3-10(4-2-9)23-8-7-13(18)21/h1-6H,7-8H2,(H2,18,21)(H,19,22). The fourth-order valence-electron chi connectivity index (χ4n) is 1.67. The molecule has 0 aliphatic heterocycles. The third-order valence-electron chi connectivity index (χ3n) is 2.76. The molecule has 1 heterocycles. The largest absolute Gasteiger partial charge is 0.493 e. The van der Waals surface area contributed by atoms with Crippen LogP contribution in [0.15, 0.2) is 36.4 Å². The van der Waals surface area contributed by atoms with Crippen LogP contribution in [0.3, 0.4) is 0 Å². The van der Waals surface area contributed by atoms with Gasteiger partial charge in [0, 0.05) is 5.69 Å². The zero-order valence-corrected chi connectivity index (χ0v) is 13.4. The van der Waals surface area contributed by atoms with Crippen molar-refractivity contribution in [3.8, 4) is 5.75 Å². The first-order valence-electron chi connectivity index (χ1n) is 6.60. The second kappa shape index (κ2) is 7.80. The maximum absolute atomic E-state index is 12.1. The summed E-state index contributed by atoms with van der Waals surface area (Å²) in [6.07, 6.45) is 0.136. The number of nitrogens with one attached hydrogen (secondary N) is 1. The maximum atomic E-state index is 12.1. The minimum absolute atomic E-state index is 0.0425. The smallest absolute Gasteiger partial charge is 0.275 e. The number of carbonyl (C=O) groups is 2. The second-order valence-corrected chi connectivity index (χ2v) is 5.30. The number of amides is 2. The highest BCUT2D eigenvalue weighted by atomic mass is 35.5. The Bertz CT molecular complexity index is 720. The Kier molecular flexibility index (Phi) is 5.78. The van der Waals surface area contributed by atoms with E-state index in [1.54, 1.807) is 24.3 Å². The van der Waals surface area contributed by atoms with Gasteiger partial charge < -0.3 is 15.8 Å². The summed E-state index contributed by atoms with van der Waals surface area (Å²) in [7, 11) is 0. The molecule has 0 saturated carbocycles. The number of halogens is 2. The first-order chi connectivity index (χ1) is 11.0. The summed E-state index contributed by atoms with van der Waals surface area (Å²) >= 11 is 11.7. The van der Waals surface area contributed by atoms with Crippen molar-refractivity contribution in [2.75, 3.05) is 11.9 Å². The van der Waals surface area contributed by atoms with Gasteiger partial charge in [-0.05, 0) is 36.4 Å². The molecule has 1 aromatic carbocycles. The van der Waals surface area contributed by atoms with Crippen molar-refractivity contribution in [2.24, 2.45) is 5.73 Å². The van der Waals surface area contributed by atoms with E-state index in [1.807, 2.05) is 0 Å². The predicted octanol–water partition coefficient (Wildman–Crippen LogP) is 2.89. The molecule has 0 unspecified atom stereocenters. The van der Waals surface area contributed by atoms with E-state index in [0.717, 1.165) is 0 Å². The quantitative estimate of drug-likeness (QED) is 0.780. The van der Waals surface area contributed by atoms with Crippen LogP contribution in [0.25, 0.3) is 0 Å². The van der Waals surface area contributed by atoms with Crippen LogP contribution in [0, 0.1) is 0 Å². The Balaban J connectivity index is 1.99. The number of hydrogen-bond donors (Lipinski definition) is 2. The number of anilines is 1. The molecule has 2 aromatic rings. The predicted molar refractivity (Wildman–Crippen MR) is 88.0 cm³/mol. The molecule has 1 aromatic heterocycles. The van der Waals surface area contributed by atoms with Gasteiger partial charge >= 0.3 is 0 Å². The summed E-state index contributed by atoms with van der Waals surface area (Å²) in [6.45, 7) is 0.198. The van der Waals surface area contributed by atoms with Crippen molar-refractivity contribution >= 4 is 40.7 Å². The third-order valence-corrected chi connectivity index (χ3v) is 3.27. The molecular weight excluding hydrogens is 341 g/mol. The van der Waals surface area contributed by atoms with Crippen molar-refractivity contribution in [3.63, 3.8) is 0 Å².